The highest BCUT2D eigenvalue weighted by Gasteiger charge is 2.56. The molecule has 8 nitrogen and oxygen atoms in total. The molecule has 25 heavy (non-hydrogen) atoms. The Morgan fingerprint density at radius 3 is 2.68 bits per heavy atom. The number of benzene rings is 1. The molecule has 0 bridgehead atoms. The molecule has 0 unspecified atom stereocenters. The van der Waals surface area contributed by atoms with E-state index in [4.69, 9.17) is 0 Å². The predicted molar refractivity (Wildman–Crippen MR) is 89.8 cm³/mol. The molecule has 1 aliphatic heterocycles. The predicted octanol–water partition coefficient (Wildman–Crippen LogP) is 0.705. The summed E-state index contributed by atoms with van der Waals surface area (Å²) in [5.41, 5.74) is -0.0871. The second kappa shape index (κ2) is 6.19. The molecule has 0 aromatic heterocycles. The fraction of sp³-hybridized carbons (Fsp3) is 0.412. The van der Waals surface area contributed by atoms with Crippen LogP contribution in [0.1, 0.15) is 30.1 Å². The number of carbonyl (C=O) groups excluding carboxylic acids is 4. The minimum atomic E-state index is -0.906. The average Bonchev–Trinajstić information content (AvgIpc) is 3.40. The van der Waals surface area contributed by atoms with Crippen molar-refractivity contribution in [3.63, 3.8) is 0 Å². The Balaban J connectivity index is 1.66. The molecule has 1 aromatic rings. The van der Waals surface area contributed by atoms with Crippen LogP contribution in [-0.4, -0.2) is 47.8 Å². The monoisotopic (exact) mass is 344 g/mol. The fourth-order valence-corrected chi connectivity index (χ4v) is 3.02. The van der Waals surface area contributed by atoms with Gasteiger partial charge in [-0.2, -0.15) is 0 Å². The first-order valence-corrected chi connectivity index (χ1v) is 8.11. The van der Waals surface area contributed by atoms with Gasteiger partial charge in [0, 0.05) is 18.3 Å². The van der Waals surface area contributed by atoms with Gasteiger partial charge in [0.05, 0.1) is 0 Å². The maximum atomic E-state index is 12.5. The van der Waals surface area contributed by atoms with Crippen molar-refractivity contribution in [2.45, 2.75) is 25.3 Å². The molecule has 8 heteroatoms. The number of hydrogen-bond acceptors (Lipinski definition) is 4. The zero-order valence-electron chi connectivity index (χ0n) is 14.1. The number of anilines is 1. The van der Waals surface area contributed by atoms with Gasteiger partial charge in [-0.15, -0.1) is 0 Å². The molecular formula is C17H20N4O4. The zero-order chi connectivity index (χ0) is 18.2. The van der Waals surface area contributed by atoms with Gasteiger partial charge in [0.2, 0.25) is 5.91 Å². The highest BCUT2D eigenvalue weighted by molar-refractivity contribution is 6.10. The molecule has 3 N–H and O–H groups in total. The van der Waals surface area contributed by atoms with Crippen molar-refractivity contribution in [1.82, 2.24) is 15.5 Å². The van der Waals surface area contributed by atoms with E-state index in [-0.39, 0.29) is 24.3 Å². The third-order valence-corrected chi connectivity index (χ3v) is 4.63. The quantitative estimate of drug-likeness (QED) is 0.684. The lowest BCUT2D eigenvalue weighted by molar-refractivity contribution is -0.134. The lowest BCUT2D eigenvalue weighted by Gasteiger charge is -2.20. The van der Waals surface area contributed by atoms with E-state index in [1.54, 1.807) is 25.1 Å². The fourth-order valence-electron chi connectivity index (χ4n) is 3.02. The summed E-state index contributed by atoms with van der Waals surface area (Å²) < 4.78 is 0. The van der Waals surface area contributed by atoms with Crippen LogP contribution in [0, 0.1) is 5.92 Å². The van der Waals surface area contributed by atoms with E-state index in [0.29, 0.717) is 11.3 Å². The molecule has 3 rings (SSSR count). The Morgan fingerprint density at radius 1 is 1.32 bits per heavy atom. The van der Waals surface area contributed by atoms with E-state index in [1.807, 2.05) is 0 Å². The van der Waals surface area contributed by atoms with Crippen molar-refractivity contribution >= 4 is 29.4 Å². The van der Waals surface area contributed by atoms with E-state index in [9.17, 15) is 19.2 Å². The van der Waals surface area contributed by atoms with Crippen LogP contribution in [0.4, 0.5) is 10.5 Å². The van der Waals surface area contributed by atoms with Crippen LogP contribution in [-0.2, 0) is 9.59 Å². The summed E-state index contributed by atoms with van der Waals surface area (Å²) >= 11 is 0. The van der Waals surface area contributed by atoms with Crippen LogP contribution in [0.25, 0.3) is 0 Å². The van der Waals surface area contributed by atoms with Crippen LogP contribution in [0.15, 0.2) is 24.3 Å². The van der Waals surface area contributed by atoms with Crippen LogP contribution in [0.5, 0.6) is 0 Å². The second-order valence-electron chi connectivity index (χ2n) is 6.51. The van der Waals surface area contributed by atoms with Crippen molar-refractivity contribution in [2.75, 3.05) is 18.9 Å². The summed E-state index contributed by atoms with van der Waals surface area (Å²) in [5, 5.41) is 7.81. The molecule has 0 radical (unpaired) electrons. The van der Waals surface area contributed by atoms with Crippen molar-refractivity contribution in [3.8, 4) is 0 Å². The number of hydrogen-bond donors (Lipinski definition) is 3. The van der Waals surface area contributed by atoms with Gasteiger partial charge in [-0.05, 0) is 43.9 Å². The molecule has 5 amide bonds. The lowest BCUT2D eigenvalue weighted by atomic mass is 9.96. The second-order valence-corrected chi connectivity index (χ2v) is 6.51. The Kier molecular flexibility index (Phi) is 4.20. The van der Waals surface area contributed by atoms with Gasteiger partial charge in [-0.3, -0.25) is 19.3 Å². The van der Waals surface area contributed by atoms with E-state index in [2.05, 4.69) is 16.0 Å². The Labute approximate surface area is 144 Å². The normalized spacial score (nSPS) is 22.6. The van der Waals surface area contributed by atoms with Gasteiger partial charge in [0.25, 0.3) is 11.8 Å². The van der Waals surface area contributed by atoms with Crippen LogP contribution in [0.2, 0.25) is 0 Å². The Morgan fingerprint density at radius 2 is 2.04 bits per heavy atom. The van der Waals surface area contributed by atoms with Gasteiger partial charge >= 0.3 is 6.03 Å². The van der Waals surface area contributed by atoms with Crippen molar-refractivity contribution in [3.05, 3.63) is 29.8 Å². The maximum absolute atomic E-state index is 12.5. The zero-order valence-corrected chi connectivity index (χ0v) is 14.1. The topological polar surface area (TPSA) is 108 Å². The summed E-state index contributed by atoms with van der Waals surface area (Å²) in [6, 6.07) is 5.86. The Bertz CT molecular complexity index is 759. The van der Waals surface area contributed by atoms with Crippen molar-refractivity contribution < 1.29 is 19.2 Å². The molecule has 1 saturated carbocycles. The third kappa shape index (κ3) is 3.19. The molecule has 1 atom stereocenters. The summed E-state index contributed by atoms with van der Waals surface area (Å²) in [7, 11) is 1.52. The van der Waals surface area contributed by atoms with Crippen LogP contribution in [0.3, 0.4) is 0 Å². The van der Waals surface area contributed by atoms with E-state index < -0.39 is 17.5 Å². The van der Waals surface area contributed by atoms with E-state index in [1.165, 1.54) is 13.1 Å². The largest absolute Gasteiger partial charge is 0.355 e. The summed E-state index contributed by atoms with van der Waals surface area (Å²) in [6.45, 7) is 1.34. The molecule has 1 saturated heterocycles. The van der Waals surface area contributed by atoms with Gasteiger partial charge in [0.15, 0.2) is 0 Å². The molecular weight excluding hydrogens is 324 g/mol. The van der Waals surface area contributed by atoms with Crippen LogP contribution < -0.4 is 16.0 Å². The highest BCUT2D eigenvalue weighted by atomic mass is 16.2. The van der Waals surface area contributed by atoms with Gasteiger partial charge in [0.1, 0.15) is 12.1 Å². The Hall–Kier alpha value is -2.90. The third-order valence-electron chi connectivity index (χ3n) is 4.63. The number of nitrogens with zero attached hydrogens (tertiary/aromatic N) is 1. The molecule has 2 fully saturated rings. The smallest absolute Gasteiger partial charge is 0.325 e. The first-order valence-electron chi connectivity index (χ1n) is 8.11. The van der Waals surface area contributed by atoms with Gasteiger partial charge < -0.3 is 16.0 Å². The van der Waals surface area contributed by atoms with Crippen LogP contribution >= 0.6 is 0 Å². The highest BCUT2D eigenvalue weighted by Crippen LogP contribution is 2.42. The first-order chi connectivity index (χ1) is 11.8. The number of urea groups is 1. The number of nitrogens with one attached hydrogen (secondary N) is 3. The molecule has 132 valence electrons. The SMILES string of the molecule is CNC(=O)c1cccc(NC(=O)CN2C(=O)N[C@](C)(C3CC3)C2=O)c1. The number of carbonyl (C=O) groups is 4. The first kappa shape index (κ1) is 16.9. The molecule has 2 aliphatic rings. The minimum absolute atomic E-state index is 0.140. The van der Waals surface area contributed by atoms with E-state index in [0.717, 1.165) is 17.7 Å². The van der Waals surface area contributed by atoms with Gasteiger partial charge in [-0.25, -0.2) is 4.79 Å². The minimum Gasteiger partial charge on any atom is -0.355 e. The van der Waals surface area contributed by atoms with Gasteiger partial charge in [-0.1, -0.05) is 6.07 Å². The number of amides is 5. The van der Waals surface area contributed by atoms with Crippen molar-refractivity contribution in [2.24, 2.45) is 5.92 Å². The molecule has 0 spiro atoms. The summed E-state index contributed by atoms with van der Waals surface area (Å²) in [5.74, 6) is -1.00. The maximum Gasteiger partial charge on any atom is 0.325 e. The van der Waals surface area contributed by atoms with Crippen molar-refractivity contribution in [1.29, 1.82) is 0 Å². The molecule has 1 heterocycles. The average molecular weight is 344 g/mol. The van der Waals surface area contributed by atoms with E-state index >= 15 is 0 Å². The molecule has 1 aliphatic carbocycles. The standard InChI is InChI=1S/C17H20N4O4/c1-17(11-6-7-11)15(24)21(16(25)20-17)9-13(22)19-12-5-3-4-10(8-12)14(23)18-2/h3-5,8,11H,6-7,9H2,1-2H3,(H,18,23)(H,19,22)(H,20,25)/t17-/m1/s1. The number of imide groups is 1. The molecule has 1 aromatic carbocycles. The number of rotatable bonds is 5. The lowest BCUT2D eigenvalue weighted by Crippen LogP contribution is -2.46. The summed E-state index contributed by atoms with van der Waals surface area (Å²) in [6.07, 6.45) is 1.80. The summed E-state index contributed by atoms with van der Waals surface area (Å²) in [4.78, 5) is 49.4.